The Morgan fingerprint density at radius 1 is 0.410 bits per heavy atom. The van der Waals surface area contributed by atoms with Gasteiger partial charge < -0.3 is 65.1 Å². The Morgan fingerprint density at radius 2 is 0.731 bits per heavy atom. The molecule has 0 aromatic rings. The van der Waals surface area contributed by atoms with Crippen molar-refractivity contribution in [3.05, 3.63) is 0 Å². The molecule has 2 heterocycles. The Hall–Kier alpha value is -1.01. The zero-order chi connectivity index (χ0) is 56.7. The number of hydrogen-bond donors (Lipinski definition) is 9. The molecule has 0 aliphatic carbocycles. The average Bonchev–Trinajstić information content (AvgIpc) is 3.44. The molecule has 0 bridgehead atoms. The highest BCUT2D eigenvalue weighted by Crippen LogP contribution is 2.30. The van der Waals surface area contributed by atoms with Crippen LogP contribution in [0.25, 0.3) is 0 Å². The van der Waals surface area contributed by atoms with Crippen molar-refractivity contribution in [2.45, 2.75) is 383 Å². The minimum atomic E-state index is -1.78. The fourth-order valence-corrected chi connectivity index (χ4v) is 11.5. The molecular formula is C64H125NO13. The van der Waals surface area contributed by atoms with Crippen molar-refractivity contribution in [2.24, 2.45) is 0 Å². The largest absolute Gasteiger partial charge is 0.394 e. The van der Waals surface area contributed by atoms with E-state index in [2.05, 4.69) is 19.2 Å². The summed E-state index contributed by atoms with van der Waals surface area (Å²) in [4.78, 5) is 13.3. The van der Waals surface area contributed by atoms with Crippen LogP contribution in [0.5, 0.6) is 0 Å². The van der Waals surface area contributed by atoms with Crippen molar-refractivity contribution in [1.29, 1.82) is 0 Å². The molecule has 2 aliphatic rings. The van der Waals surface area contributed by atoms with Gasteiger partial charge in [-0.2, -0.15) is 0 Å². The molecular weight excluding hydrogens is 991 g/mol. The van der Waals surface area contributed by atoms with Crippen LogP contribution in [0.1, 0.15) is 309 Å². The standard InChI is InChI=1S/C64H125NO13/c1-3-5-7-9-11-13-15-17-19-20-21-22-23-24-25-26-27-28-29-30-31-32-34-35-37-39-41-43-45-47-53(68)52(65-56(69)48-46-44-42-40-38-36-33-18-16-14-12-10-8-6-4-2)51-75-63-61(74)59(72)62(55(50-67)77-63)78-64-60(73)58(71)57(70)54(49-66)76-64/h52-55,57-64,66-68,70-74H,3-51H2,1-2H3,(H,65,69). The molecule has 2 saturated heterocycles. The smallest absolute Gasteiger partial charge is 0.220 e. The molecule has 0 aromatic carbocycles. The van der Waals surface area contributed by atoms with Crippen molar-refractivity contribution < 1.29 is 64.6 Å². The molecule has 2 rings (SSSR count). The van der Waals surface area contributed by atoms with Crippen LogP contribution in [0.15, 0.2) is 0 Å². The molecule has 2 aliphatic heterocycles. The number of amides is 1. The molecule has 9 N–H and O–H groups in total. The minimum Gasteiger partial charge on any atom is -0.394 e. The zero-order valence-electron chi connectivity index (χ0n) is 50.2. The third kappa shape index (κ3) is 35.2. The van der Waals surface area contributed by atoms with Crippen LogP contribution >= 0.6 is 0 Å². The lowest BCUT2D eigenvalue weighted by Gasteiger charge is -2.46. The number of carbonyl (C=O) groups excluding carboxylic acids is 1. The van der Waals surface area contributed by atoms with Crippen LogP contribution in [0.2, 0.25) is 0 Å². The lowest BCUT2D eigenvalue weighted by atomic mass is 9.97. The van der Waals surface area contributed by atoms with E-state index in [4.69, 9.17) is 18.9 Å². The summed E-state index contributed by atoms with van der Waals surface area (Å²) in [6.07, 6.45) is 41.2. The molecule has 14 heteroatoms. The number of rotatable bonds is 55. The van der Waals surface area contributed by atoms with Crippen LogP contribution in [-0.2, 0) is 23.7 Å². The van der Waals surface area contributed by atoms with Gasteiger partial charge in [-0.05, 0) is 12.8 Å². The van der Waals surface area contributed by atoms with E-state index in [1.807, 2.05) is 0 Å². The molecule has 1 amide bonds. The number of aliphatic hydroxyl groups is 8. The van der Waals surface area contributed by atoms with Crippen LogP contribution in [0, 0.1) is 0 Å². The summed E-state index contributed by atoms with van der Waals surface area (Å²) < 4.78 is 22.9. The predicted molar refractivity (Wildman–Crippen MR) is 314 cm³/mol. The van der Waals surface area contributed by atoms with Crippen LogP contribution in [0.4, 0.5) is 0 Å². The fourth-order valence-electron chi connectivity index (χ4n) is 11.5. The maximum atomic E-state index is 13.3. The summed E-state index contributed by atoms with van der Waals surface area (Å²) in [7, 11) is 0. The first-order valence-electron chi connectivity index (χ1n) is 33.3. The van der Waals surface area contributed by atoms with Crippen molar-refractivity contribution in [2.75, 3.05) is 19.8 Å². The van der Waals surface area contributed by atoms with E-state index in [1.54, 1.807) is 0 Å². The Bertz CT molecular complexity index is 1310. The molecule has 14 nitrogen and oxygen atoms in total. The maximum absolute atomic E-state index is 13.3. The van der Waals surface area contributed by atoms with Gasteiger partial charge in [0.15, 0.2) is 12.6 Å². The first-order chi connectivity index (χ1) is 38.1. The lowest BCUT2D eigenvalue weighted by molar-refractivity contribution is -0.359. The number of unbranched alkanes of at least 4 members (excludes halogenated alkanes) is 42. The SMILES string of the molecule is CCCCCCCCCCCCCCCCCCCCCCCCCCCCCCCC(O)C(COC1OC(CO)C(OC2OC(CO)C(O)C(O)C2O)C(O)C1O)NC(=O)CCCCCCCCCCCCCCCCC. The Morgan fingerprint density at radius 3 is 1.09 bits per heavy atom. The summed E-state index contributed by atoms with van der Waals surface area (Å²) >= 11 is 0. The summed E-state index contributed by atoms with van der Waals surface area (Å²) in [6, 6.07) is -0.823. The Labute approximate surface area is 476 Å². The molecule has 464 valence electrons. The van der Waals surface area contributed by atoms with Gasteiger partial charge in [0.25, 0.3) is 0 Å². The van der Waals surface area contributed by atoms with Gasteiger partial charge in [-0.25, -0.2) is 0 Å². The van der Waals surface area contributed by atoms with E-state index in [-0.39, 0.29) is 12.5 Å². The van der Waals surface area contributed by atoms with Gasteiger partial charge >= 0.3 is 0 Å². The quantitative estimate of drug-likeness (QED) is 0.0259. The van der Waals surface area contributed by atoms with Crippen LogP contribution in [0.3, 0.4) is 0 Å². The maximum Gasteiger partial charge on any atom is 0.220 e. The van der Waals surface area contributed by atoms with Gasteiger partial charge in [0, 0.05) is 6.42 Å². The van der Waals surface area contributed by atoms with Gasteiger partial charge in [0.2, 0.25) is 5.91 Å². The summed E-state index contributed by atoms with van der Waals surface area (Å²) in [5.74, 6) is -0.200. The molecule has 12 unspecified atom stereocenters. The molecule has 2 fully saturated rings. The van der Waals surface area contributed by atoms with Crippen molar-refractivity contribution >= 4 is 5.91 Å². The van der Waals surface area contributed by atoms with E-state index < -0.39 is 86.8 Å². The second kappa shape index (κ2) is 50.5. The highest BCUT2D eigenvalue weighted by atomic mass is 16.7. The van der Waals surface area contributed by atoms with E-state index in [0.29, 0.717) is 12.8 Å². The van der Waals surface area contributed by atoms with E-state index in [0.717, 1.165) is 51.4 Å². The minimum absolute atomic E-state index is 0.200. The fraction of sp³-hybridized carbons (Fsp3) is 0.984. The number of aliphatic hydroxyl groups excluding tert-OH is 8. The molecule has 0 saturated carbocycles. The van der Waals surface area contributed by atoms with Gasteiger partial charge in [0.05, 0.1) is 32.0 Å². The third-order valence-corrected chi connectivity index (χ3v) is 16.8. The molecule has 12 atom stereocenters. The van der Waals surface area contributed by atoms with E-state index in [1.165, 1.54) is 231 Å². The van der Waals surface area contributed by atoms with E-state index in [9.17, 15) is 45.6 Å². The van der Waals surface area contributed by atoms with Crippen LogP contribution in [-0.4, -0.2) is 140 Å². The Balaban J connectivity index is 1.65. The first kappa shape index (κ1) is 73.1. The number of ether oxygens (including phenoxy) is 4. The monoisotopic (exact) mass is 1120 g/mol. The Kier molecular flexibility index (Phi) is 47.3. The van der Waals surface area contributed by atoms with Gasteiger partial charge in [0.1, 0.15) is 48.8 Å². The molecule has 78 heavy (non-hydrogen) atoms. The van der Waals surface area contributed by atoms with Crippen LogP contribution < -0.4 is 5.32 Å². The number of hydrogen-bond acceptors (Lipinski definition) is 13. The predicted octanol–water partition coefficient (Wildman–Crippen LogP) is 12.5. The summed E-state index contributed by atoms with van der Waals surface area (Å²) in [5, 5.41) is 87.4. The first-order valence-corrected chi connectivity index (χ1v) is 33.3. The topological polar surface area (TPSA) is 228 Å². The lowest BCUT2D eigenvalue weighted by Crippen LogP contribution is -2.65. The third-order valence-electron chi connectivity index (χ3n) is 16.8. The highest BCUT2D eigenvalue weighted by Gasteiger charge is 2.51. The number of nitrogens with one attached hydrogen (secondary N) is 1. The van der Waals surface area contributed by atoms with Gasteiger partial charge in [-0.1, -0.05) is 290 Å². The van der Waals surface area contributed by atoms with E-state index >= 15 is 0 Å². The van der Waals surface area contributed by atoms with Crippen molar-refractivity contribution in [3.63, 3.8) is 0 Å². The normalized spacial score (nSPS) is 24.4. The van der Waals surface area contributed by atoms with Crippen molar-refractivity contribution in [3.8, 4) is 0 Å². The zero-order valence-corrected chi connectivity index (χ0v) is 50.2. The second-order valence-electron chi connectivity index (χ2n) is 24.0. The summed E-state index contributed by atoms with van der Waals surface area (Å²) in [5.41, 5.74) is 0. The van der Waals surface area contributed by atoms with Gasteiger partial charge in [-0.15, -0.1) is 0 Å². The molecule has 0 radical (unpaired) electrons. The molecule has 0 spiro atoms. The molecule has 0 aromatic heterocycles. The van der Waals surface area contributed by atoms with Gasteiger partial charge in [-0.3, -0.25) is 4.79 Å². The average molecular weight is 1120 g/mol. The number of carbonyl (C=O) groups is 1. The summed E-state index contributed by atoms with van der Waals surface area (Å²) in [6.45, 7) is 2.91. The highest BCUT2D eigenvalue weighted by molar-refractivity contribution is 5.76. The second-order valence-corrected chi connectivity index (χ2v) is 24.0. The van der Waals surface area contributed by atoms with Crippen molar-refractivity contribution in [1.82, 2.24) is 5.32 Å².